The highest BCUT2D eigenvalue weighted by Gasteiger charge is 2.52. The van der Waals surface area contributed by atoms with Crippen LogP contribution >= 0.6 is 0 Å². The molecule has 0 aromatic heterocycles. The van der Waals surface area contributed by atoms with E-state index in [0.29, 0.717) is 0 Å². The van der Waals surface area contributed by atoms with Crippen molar-refractivity contribution >= 4 is 5.97 Å². The van der Waals surface area contributed by atoms with E-state index in [0.717, 1.165) is 0 Å². The van der Waals surface area contributed by atoms with E-state index in [1.54, 1.807) is 0 Å². The first-order chi connectivity index (χ1) is 6.63. The van der Waals surface area contributed by atoms with Crippen molar-refractivity contribution in [1.29, 1.82) is 0 Å². The molecule has 0 saturated carbocycles. The van der Waals surface area contributed by atoms with E-state index >= 15 is 0 Å². The second-order valence-corrected chi connectivity index (χ2v) is 3.54. The molecule has 0 unspecified atom stereocenters. The standard InChI is InChI=1S/C8H12O6/c9-2-3(10)7-6(12)8-4(13-7)1-5(11)14-8/h3-4,6-10,12H,1-2H2/t3-,4-,6+,7+,8+/m1/s1. The molecule has 6 heteroatoms. The predicted octanol–water partition coefficient (Wildman–Crippen LogP) is -2.22. The molecule has 5 atom stereocenters. The molecule has 0 spiro atoms. The van der Waals surface area contributed by atoms with Gasteiger partial charge in [-0.05, 0) is 0 Å². The Hall–Kier alpha value is -0.690. The van der Waals surface area contributed by atoms with Gasteiger partial charge in [-0.15, -0.1) is 0 Å². The second kappa shape index (κ2) is 3.47. The number of hydrogen-bond acceptors (Lipinski definition) is 6. The lowest BCUT2D eigenvalue weighted by Gasteiger charge is -2.20. The van der Waals surface area contributed by atoms with Gasteiger partial charge in [-0.3, -0.25) is 4.79 Å². The maximum Gasteiger partial charge on any atom is 0.309 e. The molecule has 0 aromatic rings. The van der Waals surface area contributed by atoms with Crippen molar-refractivity contribution in [2.24, 2.45) is 0 Å². The zero-order valence-corrected chi connectivity index (χ0v) is 7.37. The van der Waals surface area contributed by atoms with Crippen molar-refractivity contribution in [2.45, 2.75) is 36.9 Å². The molecule has 0 aliphatic carbocycles. The van der Waals surface area contributed by atoms with Crippen LogP contribution in [0.4, 0.5) is 0 Å². The number of rotatable bonds is 2. The molecule has 0 radical (unpaired) electrons. The van der Waals surface area contributed by atoms with Gasteiger partial charge >= 0.3 is 5.97 Å². The lowest BCUT2D eigenvalue weighted by Crippen LogP contribution is -2.41. The fraction of sp³-hybridized carbons (Fsp3) is 0.875. The zero-order chi connectivity index (χ0) is 10.3. The summed E-state index contributed by atoms with van der Waals surface area (Å²) in [6.45, 7) is -0.491. The molecular weight excluding hydrogens is 192 g/mol. The van der Waals surface area contributed by atoms with Crippen molar-refractivity contribution in [2.75, 3.05) is 6.61 Å². The average molecular weight is 204 g/mol. The Kier molecular flexibility index (Phi) is 2.44. The molecule has 2 rings (SSSR count). The number of ether oxygens (including phenoxy) is 2. The van der Waals surface area contributed by atoms with Crippen molar-refractivity contribution in [3.63, 3.8) is 0 Å². The van der Waals surface area contributed by atoms with Crippen LogP contribution in [0.2, 0.25) is 0 Å². The van der Waals surface area contributed by atoms with E-state index in [1.807, 2.05) is 0 Å². The maximum atomic E-state index is 10.8. The Balaban J connectivity index is 2.05. The molecule has 2 heterocycles. The summed E-state index contributed by atoms with van der Waals surface area (Å²) in [5.74, 6) is -0.406. The molecule has 2 aliphatic rings. The minimum absolute atomic E-state index is 0.0936. The number of hydrogen-bond donors (Lipinski definition) is 3. The number of aliphatic hydroxyl groups excluding tert-OH is 3. The van der Waals surface area contributed by atoms with Crippen LogP contribution in [-0.2, 0) is 14.3 Å². The van der Waals surface area contributed by atoms with Gasteiger partial charge in [0.15, 0.2) is 6.10 Å². The average Bonchev–Trinajstić information content (AvgIpc) is 2.64. The smallest absolute Gasteiger partial charge is 0.309 e. The van der Waals surface area contributed by atoms with Gasteiger partial charge in [0.1, 0.15) is 24.4 Å². The van der Waals surface area contributed by atoms with Crippen LogP contribution in [0.25, 0.3) is 0 Å². The molecule has 14 heavy (non-hydrogen) atoms. The molecule has 0 amide bonds. The third kappa shape index (κ3) is 1.40. The van der Waals surface area contributed by atoms with E-state index in [2.05, 4.69) is 0 Å². The Bertz CT molecular complexity index is 242. The van der Waals surface area contributed by atoms with E-state index < -0.39 is 43.1 Å². The third-order valence-electron chi connectivity index (χ3n) is 2.57. The molecule has 0 aromatic carbocycles. The van der Waals surface area contributed by atoms with Crippen LogP contribution in [0.5, 0.6) is 0 Å². The highest BCUT2D eigenvalue weighted by Crippen LogP contribution is 2.32. The Morgan fingerprint density at radius 1 is 1.57 bits per heavy atom. The lowest BCUT2D eigenvalue weighted by atomic mass is 10.0. The maximum absolute atomic E-state index is 10.8. The summed E-state index contributed by atoms with van der Waals surface area (Å²) in [5, 5.41) is 27.6. The fourth-order valence-electron chi connectivity index (χ4n) is 1.86. The summed E-state index contributed by atoms with van der Waals surface area (Å²) in [6.07, 6.45) is -4.18. The highest BCUT2D eigenvalue weighted by molar-refractivity contribution is 5.73. The number of carbonyl (C=O) groups excluding carboxylic acids is 1. The molecule has 6 nitrogen and oxygen atoms in total. The summed E-state index contributed by atoms with van der Waals surface area (Å²) in [6, 6.07) is 0. The van der Waals surface area contributed by atoms with Gasteiger partial charge < -0.3 is 24.8 Å². The van der Waals surface area contributed by atoms with Gasteiger partial charge in [-0.2, -0.15) is 0 Å². The van der Waals surface area contributed by atoms with Gasteiger partial charge in [0.2, 0.25) is 0 Å². The molecule has 80 valence electrons. The van der Waals surface area contributed by atoms with E-state index in [-0.39, 0.29) is 6.42 Å². The van der Waals surface area contributed by atoms with Crippen LogP contribution in [0.15, 0.2) is 0 Å². The van der Waals surface area contributed by atoms with Gasteiger partial charge in [0.05, 0.1) is 13.0 Å². The van der Waals surface area contributed by atoms with Crippen molar-refractivity contribution in [1.82, 2.24) is 0 Å². The van der Waals surface area contributed by atoms with Gasteiger partial charge in [0.25, 0.3) is 0 Å². The first-order valence-electron chi connectivity index (χ1n) is 4.45. The molecule has 3 N–H and O–H groups in total. The summed E-state index contributed by atoms with van der Waals surface area (Å²) in [7, 11) is 0. The predicted molar refractivity (Wildman–Crippen MR) is 42.3 cm³/mol. The number of esters is 1. The summed E-state index contributed by atoms with van der Waals surface area (Å²) in [4.78, 5) is 10.8. The van der Waals surface area contributed by atoms with Crippen molar-refractivity contribution in [3.8, 4) is 0 Å². The first-order valence-corrected chi connectivity index (χ1v) is 4.45. The largest absolute Gasteiger partial charge is 0.457 e. The number of fused-ring (bicyclic) bond motifs is 1. The van der Waals surface area contributed by atoms with Crippen LogP contribution < -0.4 is 0 Å². The van der Waals surface area contributed by atoms with E-state index in [4.69, 9.17) is 14.6 Å². The molecule has 2 saturated heterocycles. The molecule has 0 bridgehead atoms. The van der Waals surface area contributed by atoms with Crippen LogP contribution in [0, 0.1) is 0 Å². The summed E-state index contributed by atoms with van der Waals surface area (Å²) >= 11 is 0. The Labute approximate surface area is 80.1 Å². The van der Waals surface area contributed by atoms with Gasteiger partial charge in [-0.25, -0.2) is 0 Å². The summed E-state index contributed by atoms with van der Waals surface area (Å²) < 4.78 is 10.0. The number of carbonyl (C=O) groups is 1. The second-order valence-electron chi connectivity index (χ2n) is 3.54. The highest BCUT2D eigenvalue weighted by atomic mass is 16.6. The topological polar surface area (TPSA) is 96.2 Å². The lowest BCUT2D eigenvalue weighted by molar-refractivity contribution is -0.147. The quantitative estimate of drug-likeness (QED) is 0.441. The fourth-order valence-corrected chi connectivity index (χ4v) is 1.86. The van der Waals surface area contributed by atoms with Crippen LogP contribution in [0.3, 0.4) is 0 Å². The van der Waals surface area contributed by atoms with Gasteiger partial charge in [0, 0.05) is 0 Å². The first kappa shape index (κ1) is 9.85. The van der Waals surface area contributed by atoms with Crippen LogP contribution in [0.1, 0.15) is 6.42 Å². The molecule has 2 fully saturated rings. The summed E-state index contributed by atoms with van der Waals surface area (Å²) in [5.41, 5.74) is 0. The van der Waals surface area contributed by atoms with E-state index in [1.165, 1.54) is 0 Å². The van der Waals surface area contributed by atoms with Gasteiger partial charge in [-0.1, -0.05) is 0 Å². The van der Waals surface area contributed by atoms with E-state index in [9.17, 15) is 15.0 Å². The Morgan fingerprint density at radius 3 is 2.86 bits per heavy atom. The normalized spacial score (nSPS) is 43.5. The van der Waals surface area contributed by atoms with Crippen LogP contribution in [-0.4, -0.2) is 58.4 Å². The van der Waals surface area contributed by atoms with Crippen molar-refractivity contribution < 1.29 is 29.6 Å². The number of aliphatic hydroxyl groups is 3. The monoisotopic (exact) mass is 204 g/mol. The minimum Gasteiger partial charge on any atom is -0.457 e. The molecule has 2 aliphatic heterocycles. The van der Waals surface area contributed by atoms with Crippen molar-refractivity contribution in [3.05, 3.63) is 0 Å². The molecular formula is C8H12O6. The Morgan fingerprint density at radius 2 is 2.29 bits per heavy atom. The third-order valence-corrected chi connectivity index (χ3v) is 2.57. The minimum atomic E-state index is -1.14. The SMILES string of the molecule is O=C1C[C@H]2O[C@@H]([C@H](O)CO)[C@H](O)[C@H]2O1. The zero-order valence-electron chi connectivity index (χ0n) is 7.37.